The maximum Gasteiger partial charge on any atom is 0.153 e. The van der Waals surface area contributed by atoms with E-state index in [9.17, 15) is 0 Å². The van der Waals surface area contributed by atoms with Crippen molar-refractivity contribution in [3.05, 3.63) is 126 Å². The lowest BCUT2D eigenvalue weighted by molar-refractivity contribution is 0.669. The second-order valence-corrected chi connectivity index (χ2v) is 8.39. The maximum absolute atomic E-state index is 6.36. The van der Waals surface area contributed by atoms with Crippen molar-refractivity contribution in [2.75, 3.05) is 4.90 Å². The summed E-state index contributed by atoms with van der Waals surface area (Å²) < 4.78 is 6.12. The van der Waals surface area contributed by atoms with Crippen LogP contribution in [0.4, 0.5) is 17.1 Å². The molecule has 0 fully saturated rings. The summed E-state index contributed by atoms with van der Waals surface area (Å²) in [6.45, 7) is 0. The molecule has 0 bridgehead atoms. The second-order valence-electron chi connectivity index (χ2n) is 7.99. The van der Waals surface area contributed by atoms with Gasteiger partial charge >= 0.3 is 0 Å². The molecule has 0 radical (unpaired) electrons. The van der Waals surface area contributed by atoms with E-state index in [1.807, 2.05) is 30.3 Å². The van der Waals surface area contributed by atoms with E-state index in [2.05, 4.69) is 95.9 Å². The smallest absolute Gasteiger partial charge is 0.153 e. The predicted molar refractivity (Wildman–Crippen MR) is 139 cm³/mol. The minimum absolute atomic E-state index is 0.633. The summed E-state index contributed by atoms with van der Waals surface area (Å²) >= 11 is 6.36. The average molecular weight is 446 g/mol. The first-order valence-corrected chi connectivity index (χ1v) is 11.3. The van der Waals surface area contributed by atoms with Crippen LogP contribution in [-0.4, -0.2) is 0 Å². The van der Waals surface area contributed by atoms with Crippen LogP contribution in [0.1, 0.15) is 0 Å². The number of halogens is 1. The number of fused-ring (bicyclic) bond motifs is 3. The van der Waals surface area contributed by atoms with Gasteiger partial charge in [0.25, 0.3) is 0 Å². The van der Waals surface area contributed by atoms with Crippen molar-refractivity contribution < 1.29 is 4.42 Å². The zero-order valence-electron chi connectivity index (χ0n) is 17.8. The van der Waals surface area contributed by atoms with Crippen LogP contribution in [0.3, 0.4) is 0 Å². The van der Waals surface area contributed by atoms with Crippen LogP contribution in [0.15, 0.2) is 126 Å². The van der Waals surface area contributed by atoms with Crippen molar-refractivity contribution in [1.82, 2.24) is 0 Å². The quantitative estimate of drug-likeness (QED) is 0.268. The minimum atomic E-state index is 0.633. The Morgan fingerprint density at radius 2 is 1.15 bits per heavy atom. The fraction of sp³-hybridized carbons (Fsp3) is 0. The Kier molecular flexibility index (Phi) is 4.86. The molecule has 1 aromatic heterocycles. The molecule has 0 saturated carbocycles. The molecule has 1 heterocycles. The second kappa shape index (κ2) is 8.16. The Balaban J connectivity index is 1.47. The van der Waals surface area contributed by atoms with Gasteiger partial charge in [0.15, 0.2) is 5.58 Å². The van der Waals surface area contributed by atoms with Crippen LogP contribution in [0.5, 0.6) is 0 Å². The third-order valence-electron chi connectivity index (χ3n) is 5.92. The average Bonchev–Trinajstić information content (AvgIpc) is 3.25. The van der Waals surface area contributed by atoms with E-state index in [0.29, 0.717) is 5.02 Å². The summed E-state index contributed by atoms with van der Waals surface area (Å²) in [4.78, 5) is 2.27. The number of hydrogen-bond donors (Lipinski definition) is 0. The lowest BCUT2D eigenvalue weighted by Crippen LogP contribution is -2.09. The molecule has 0 saturated heterocycles. The van der Waals surface area contributed by atoms with E-state index in [1.165, 1.54) is 0 Å². The normalized spacial score (nSPS) is 11.2. The molecule has 0 aliphatic carbocycles. The van der Waals surface area contributed by atoms with Gasteiger partial charge in [0.2, 0.25) is 0 Å². The third-order valence-corrected chi connectivity index (χ3v) is 6.21. The van der Waals surface area contributed by atoms with E-state index in [-0.39, 0.29) is 0 Å². The lowest BCUT2D eigenvalue weighted by atomic mass is 10.0. The van der Waals surface area contributed by atoms with Crippen LogP contribution >= 0.6 is 11.6 Å². The summed E-state index contributed by atoms with van der Waals surface area (Å²) in [5.41, 5.74) is 7.12. The van der Waals surface area contributed by atoms with Gasteiger partial charge in [-0.1, -0.05) is 78.3 Å². The molecule has 6 aromatic rings. The van der Waals surface area contributed by atoms with Gasteiger partial charge in [0.05, 0.1) is 5.02 Å². The summed E-state index contributed by atoms with van der Waals surface area (Å²) in [6, 6.07) is 41.7. The molecule has 0 amide bonds. The monoisotopic (exact) mass is 445 g/mol. The van der Waals surface area contributed by atoms with Crippen LogP contribution in [0.25, 0.3) is 33.1 Å². The van der Waals surface area contributed by atoms with Crippen molar-refractivity contribution in [3.8, 4) is 11.1 Å². The molecule has 158 valence electrons. The van der Waals surface area contributed by atoms with Crippen LogP contribution in [-0.2, 0) is 0 Å². The molecule has 5 aromatic carbocycles. The molecular weight excluding hydrogens is 426 g/mol. The fourth-order valence-corrected chi connectivity index (χ4v) is 4.58. The fourth-order valence-electron chi connectivity index (χ4n) is 4.37. The minimum Gasteiger partial charge on any atom is -0.454 e. The first-order valence-electron chi connectivity index (χ1n) is 10.9. The van der Waals surface area contributed by atoms with Gasteiger partial charge < -0.3 is 9.32 Å². The highest BCUT2D eigenvalue weighted by Gasteiger charge is 2.14. The Labute approximate surface area is 197 Å². The highest BCUT2D eigenvalue weighted by molar-refractivity contribution is 6.35. The van der Waals surface area contributed by atoms with Gasteiger partial charge in [0, 0.05) is 27.8 Å². The van der Waals surface area contributed by atoms with E-state index in [4.69, 9.17) is 16.0 Å². The standard InChI is InChI=1S/C30H20ClNO/c31-28-16-8-15-27-26-18-17-22(20-29(26)33-30(27)28)21-9-7-14-25(19-21)32(23-10-3-1-4-11-23)24-12-5-2-6-13-24/h1-20H. The van der Waals surface area contributed by atoms with E-state index in [1.54, 1.807) is 0 Å². The van der Waals surface area contributed by atoms with Crippen molar-refractivity contribution in [1.29, 1.82) is 0 Å². The largest absolute Gasteiger partial charge is 0.454 e. The van der Waals surface area contributed by atoms with Crippen molar-refractivity contribution in [3.63, 3.8) is 0 Å². The summed E-state index contributed by atoms with van der Waals surface area (Å²) in [5, 5.41) is 2.74. The number of hydrogen-bond acceptors (Lipinski definition) is 2. The van der Waals surface area contributed by atoms with Gasteiger partial charge in [-0.3, -0.25) is 0 Å². The number of para-hydroxylation sites is 3. The SMILES string of the molecule is Clc1cccc2c1oc1cc(-c3cccc(N(c4ccccc4)c4ccccc4)c3)ccc12. The van der Waals surface area contributed by atoms with Crippen molar-refractivity contribution in [2.24, 2.45) is 0 Å². The van der Waals surface area contributed by atoms with E-state index in [0.717, 1.165) is 50.1 Å². The number of benzene rings is 5. The first kappa shape index (κ1) is 19.7. The maximum atomic E-state index is 6.36. The molecule has 6 rings (SSSR count). The third kappa shape index (κ3) is 3.55. The molecule has 2 nitrogen and oxygen atoms in total. The zero-order chi connectivity index (χ0) is 22.2. The predicted octanol–water partition coefficient (Wildman–Crippen LogP) is 9.38. The molecule has 0 spiro atoms. The zero-order valence-corrected chi connectivity index (χ0v) is 18.5. The number of anilines is 3. The molecular formula is C30H20ClNO. The molecule has 0 aliphatic rings. The Morgan fingerprint density at radius 1 is 0.515 bits per heavy atom. The Morgan fingerprint density at radius 3 is 1.88 bits per heavy atom. The van der Waals surface area contributed by atoms with Gasteiger partial charge in [-0.05, 0) is 65.7 Å². The van der Waals surface area contributed by atoms with Gasteiger partial charge in [-0.2, -0.15) is 0 Å². The highest BCUT2D eigenvalue weighted by atomic mass is 35.5. The molecule has 0 N–H and O–H groups in total. The van der Waals surface area contributed by atoms with Gasteiger partial charge in [-0.25, -0.2) is 0 Å². The van der Waals surface area contributed by atoms with Crippen LogP contribution in [0.2, 0.25) is 5.02 Å². The molecule has 0 aliphatic heterocycles. The lowest BCUT2D eigenvalue weighted by Gasteiger charge is -2.25. The summed E-state index contributed by atoms with van der Waals surface area (Å²) in [7, 11) is 0. The number of furan rings is 1. The first-order chi connectivity index (χ1) is 16.3. The molecule has 0 unspecified atom stereocenters. The van der Waals surface area contributed by atoms with Crippen molar-refractivity contribution in [2.45, 2.75) is 0 Å². The number of nitrogens with zero attached hydrogens (tertiary/aromatic N) is 1. The Bertz CT molecular complexity index is 1530. The molecule has 33 heavy (non-hydrogen) atoms. The molecule has 3 heteroatoms. The molecule has 0 atom stereocenters. The van der Waals surface area contributed by atoms with E-state index >= 15 is 0 Å². The highest BCUT2D eigenvalue weighted by Crippen LogP contribution is 2.38. The summed E-state index contributed by atoms with van der Waals surface area (Å²) in [6.07, 6.45) is 0. The van der Waals surface area contributed by atoms with E-state index < -0.39 is 0 Å². The topological polar surface area (TPSA) is 16.4 Å². The van der Waals surface area contributed by atoms with Crippen molar-refractivity contribution >= 4 is 50.6 Å². The van der Waals surface area contributed by atoms with Crippen LogP contribution < -0.4 is 4.90 Å². The Hall–Kier alpha value is -4.01. The number of rotatable bonds is 4. The van der Waals surface area contributed by atoms with Crippen LogP contribution in [0, 0.1) is 0 Å². The van der Waals surface area contributed by atoms with Gasteiger partial charge in [0.1, 0.15) is 5.58 Å². The van der Waals surface area contributed by atoms with Gasteiger partial charge in [-0.15, -0.1) is 0 Å². The summed E-state index contributed by atoms with van der Waals surface area (Å²) in [5.74, 6) is 0.